The van der Waals surface area contributed by atoms with Crippen LogP contribution in [0.25, 0.3) is 0 Å². The van der Waals surface area contributed by atoms with Crippen molar-refractivity contribution in [3.8, 4) is 0 Å². The average molecular weight is 375 g/mol. The minimum absolute atomic E-state index is 0.165. The monoisotopic (exact) mass is 375 g/mol. The van der Waals surface area contributed by atoms with Crippen LogP contribution in [0.2, 0.25) is 0 Å². The smallest absolute Gasteiger partial charge is 0.255 e. The summed E-state index contributed by atoms with van der Waals surface area (Å²) in [7, 11) is 0. The molecule has 0 saturated heterocycles. The van der Waals surface area contributed by atoms with Gasteiger partial charge in [-0.05, 0) is 40.5 Å². The van der Waals surface area contributed by atoms with Crippen LogP contribution in [-0.4, -0.2) is 23.9 Å². The zero-order valence-electron chi connectivity index (χ0n) is 11.0. The Hall–Kier alpha value is -0.360. The lowest BCUT2D eigenvalue weighted by molar-refractivity contribution is 0.0765. The molecule has 2 nitrogen and oxygen atoms in total. The van der Waals surface area contributed by atoms with Crippen LogP contribution in [-0.2, 0) is 0 Å². The van der Waals surface area contributed by atoms with E-state index in [2.05, 4.69) is 49.4 Å². The summed E-state index contributed by atoms with van der Waals surface area (Å²) in [6.45, 7) is 8.29. The van der Waals surface area contributed by atoms with E-state index in [1.807, 2.05) is 16.3 Å². The van der Waals surface area contributed by atoms with Crippen molar-refractivity contribution in [1.82, 2.24) is 4.90 Å². The van der Waals surface area contributed by atoms with E-state index < -0.39 is 0 Å². The summed E-state index contributed by atoms with van der Waals surface area (Å²) in [4.78, 5) is 14.2. The molecule has 0 atom stereocenters. The third kappa shape index (κ3) is 3.15. The van der Waals surface area contributed by atoms with E-state index in [9.17, 15) is 4.79 Å². The van der Waals surface area contributed by atoms with Crippen molar-refractivity contribution in [3.05, 3.63) is 31.5 Å². The van der Waals surface area contributed by atoms with Crippen LogP contribution in [0.4, 0.5) is 0 Å². The van der Waals surface area contributed by atoms with Gasteiger partial charge in [0.2, 0.25) is 0 Å². The van der Waals surface area contributed by atoms with E-state index in [0.717, 1.165) is 25.1 Å². The van der Waals surface area contributed by atoms with E-state index in [0.29, 0.717) is 0 Å². The average Bonchev–Trinajstić information content (AvgIpc) is 2.74. The summed E-state index contributed by atoms with van der Waals surface area (Å²) in [6, 6.07) is 1.97. The van der Waals surface area contributed by atoms with Gasteiger partial charge in [-0.2, -0.15) is 0 Å². The lowest BCUT2D eigenvalue weighted by atomic mass is 9.83. The molecular formula is C14H18INOS. The fraction of sp³-hybridized carbons (Fsp3) is 0.500. The number of carbonyl (C=O) groups excluding carboxylic acids is 1. The van der Waals surface area contributed by atoms with Crippen molar-refractivity contribution < 1.29 is 4.79 Å². The van der Waals surface area contributed by atoms with Gasteiger partial charge in [0.25, 0.3) is 5.91 Å². The van der Waals surface area contributed by atoms with Gasteiger partial charge in [0.1, 0.15) is 0 Å². The van der Waals surface area contributed by atoms with Crippen molar-refractivity contribution in [1.29, 1.82) is 0 Å². The minimum atomic E-state index is 0.165. The molecule has 2 heterocycles. The highest BCUT2D eigenvalue weighted by molar-refractivity contribution is 14.1. The second-order valence-corrected chi connectivity index (χ2v) is 8.43. The molecule has 0 fully saturated rings. The van der Waals surface area contributed by atoms with Gasteiger partial charge in [0, 0.05) is 18.5 Å². The largest absolute Gasteiger partial charge is 0.335 e. The first kappa shape index (κ1) is 14.1. The van der Waals surface area contributed by atoms with Gasteiger partial charge < -0.3 is 4.90 Å². The van der Waals surface area contributed by atoms with Crippen LogP contribution >= 0.6 is 33.9 Å². The first-order valence-electron chi connectivity index (χ1n) is 6.11. The van der Waals surface area contributed by atoms with Crippen molar-refractivity contribution >= 4 is 39.8 Å². The van der Waals surface area contributed by atoms with E-state index in [4.69, 9.17) is 0 Å². The molecule has 0 bridgehead atoms. The van der Waals surface area contributed by atoms with Crippen molar-refractivity contribution in [2.45, 2.75) is 27.2 Å². The Morgan fingerprint density at radius 3 is 2.61 bits per heavy atom. The number of amides is 1. The van der Waals surface area contributed by atoms with Crippen LogP contribution in [0.15, 0.2) is 23.1 Å². The van der Waals surface area contributed by atoms with Gasteiger partial charge in [-0.3, -0.25) is 4.79 Å². The maximum Gasteiger partial charge on any atom is 0.255 e. The highest BCUT2D eigenvalue weighted by atomic mass is 127. The molecule has 1 aliphatic heterocycles. The summed E-state index contributed by atoms with van der Waals surface area (Å²) >= 11 is 3.88. The molecule has 1 aromatic rings. The first-order chi connectivity index (χ1) is 8.38. The molecule has 0 N–H and O–H groups in total. The van der Waals surface area contributed by atoms with Crippen molar-refractivity contribution in [2.75, 3.05) is 13.1 Å². The number of hydrogen-bond acceptors (Lipinski definition) is 2. The molecule has 1 amide bonds. The molecule has 0 spiro atoms. The summed E-state index contributed by atoms with van der Waals surface area (Å²) in [6.07, 6.45) is 3.22. The second kappa shape index (κ2) is 5.33. The molecule has 2 rings (SSSR count). The molecule has 1 aromatic heterocycles. The van der Waals surface area contributed by atoms with E-state index >= 15 is 0 Å². The fourth-order valence-corrected chi connectivity index (χ4v) is 3.46. The molecule has 98 valence electrons. The number of thiophene rings is 1. The summed E-state index contributed by atoms with van der Waals surface area (Å²) in [5.41, 5.74) is 2.52. The maximum absolute atomic E-state index is 12.3. The van der Waals surface area contributed by atoms with E-state index in [1.165, 1.54) is 8.46 Å². The number of hydrogen-bond donors (Lipinski definition) is 0. The SMILES string of the molecule is CC(C)(C)C1=CCN(C(=O)c2csc(I)c2)CC1. The van der Waals surface area contributed by atoms with Gasteiger partial charge in [-0.15, -0.1) is 11.3 Å². The topological polar surface area (TPSA) is 20.3 Å². The predicted octanol–water partition coefficient (Wildman–Crippen LogP) is 4.17. The summed E-state index contributed by atoms with van der Waals surface area (Å²) in [5.74, 6) is 0.165. The lowest BCUT2D eigenvalue weighted by Crippen LogP contribution is -2.36. The zero-order chi connectivity index (χ0) is 13.3. The van der Waals surface area contributed by atoms with Crippen LogP contribution in [0.3, 0.4) is 0 Å². The Labute approximate surface area is 126 Å². The molecule has 4 heteroatoms. The summed E-state index contributed by atoms with van der Waals surface area (Å²) < 4.78 is 1.17. The Morgan fingerprint density at radius 2 is 2.17 bits per heavy atom. The van der Waals surface area contributed by atoms with Gasteiger partial charge in [0.05, 0.1) is 8.45 Å². The third-order valence-electron chi connectivity index (χ3n) is 3.27. The molecule has 1 aliphatic rings. The maximum atomic E-state index is 12.3. The number of nitrogens with zero attached hydrogens (tertiary/aromatic N) is 1. The van der Waals surface area contributed by atoms with Crippen LogP contribution in [0.1, 0.15) is 37.6 Å². The summed E-state index contributed by atoms with van der Waals surface area (Å²) in [5, 5.41) is 1.95. The molecule has 0 aromatic carbocycles. The predicted molar refractivity (Wildman–Crippen MR) is 85.1 cm³/mol. The van der Waals surface area contributed by atoms with E-state index in [-0.39, 0.29) is 11.3 Å². The molecule has 0 unspecified atom stereocenters. The highest BCUT2D eigenvalue weighted by Gasteiger charge is 2.24. The number of halogens is 1. The van der Waals surface area contributed by atoms with Crippen LogP contribution in [0.5, 0.6) is 0 Å². The van der Waals surface area contributed by atoms with Gasteiger partial charge >= 0.3 is 0 Å². The van der Waals surface area contributed by atoms with Gasteiger partial charge in [-0.25, -0.2) is 0 Å². The fourth-order valence-electron chi connectivity index (χ4n) is 2.14. The third-order valence-corrected chi connectivity index (χ3v) is 5.06. The van der Waals surface area contributed by atoms with Gasteiger partial charge in [-0.1, -0.05) is 32.4 Å². The Bertz CT molecular complexity index is 484. The molecular weight excluding hydrogens is 357 g/mol. The highest BCUT2D eigenvalue weighted by Crippen LogP contribution is 2.30. The van der Waals surface area contributed by atoms with Gasteiger partial charge in [0.15, 0.2) is 0 Å². The van der Waals surface area contributed by atoms with Crippen LogP contribution in [0, 0.1) is 8.30 Å². The quantitative estimate of drug-likeness (QED) is 0.533. The van der Waals surface area contributed by atoms with E-state index in [1.54, 1.807) is 11.3 Å². The Morgan fingerprint density at radius 1 is 1.44 bits per heavy atom. The van der Waals surface area contributed by atoms with Crippen molar-refractivity contribution in [3.63, 3.8) is 0 Å². The Kier molecular flexibility index (Phi) is 4.16. The first-order valence-corrected chi connectivity index (χ1v) is 8.06. The zero-order valence-corrected chi connectivity index (χ0v) is 14.0. The van der Waals surface area contributed by atoms with Crippen LogP contribution < -0.4 is 0 Å². The second-order valence-electron chi connectivity index (χ2n) is 5.62. The minimum Gasteiger partial charge on any atom is -0.335 e. The van der Waals surface area contributed by atoms with Crippen molar-refractivity contribution in [2.24, 2.45) is 5.41 Å². The standard InChI is InChI=1S/C14H18INOS/c1-14(2,3)11-4-6-16(7-5-11)13(17)10-8-12(15)18-9-10/h4,8-9H,5-7H2,1-3H3. The molecule has 0 saturated carbocycles. The molecule has 0 aliphatic carbocycles. The number of carbonyl (C=O) groups is 1. The normalized spacial score (nSPS) is 16.7. The molecule has 18 heavy (non-hydrogen) atoms. The number of rotatable bonds is 1. The lowest BCUT2D eigenvalue weighted by Gasteiger charge is -2.32. The Balaban J connectivity index is 2.06. The molecule has 0 radical (unpaired) electrons.